The average Bonchev–Trinajstić information content (AvgIpc) is 3.31. The van der Waals surface area contributed by atoms with Crippen molar-refractivity contribution >= 4 is 17.8 Å². The molecule has 7 heteroatoms. The highest BCUT2D eigenvalue weighted by atomic mass is 16.2. The number of amides is 4. The standard InChI is InChI=1S/C15H20N4O3/c16-10-15(6-2-1-3-7-15)17-12(20)8-19-13(21)9-18(14(19)22)11-4-5-11/h11H,1-9H2,(H,17,20). The number of hydrogen-bond donors (Lipinski definition) is 1. The van der Waals surface area contributed by atoms with Gasteiger partial charge in [-0.05, 0) is 25.7 Å². The summed E-state index contributed by atoms with van der Waals surface area (Å²) in [5.41, 5.74) is -0.836. The van der Waals surface area contributed by atoms with Crippen LogP contribution < -0.4 is 5.32 Å². The quantitative estimate of drug-likeness (QED) is 0.776. The van der Waals surface area contributed by atoms with E-state index >= 15 is 0 Å². The van der Waals surface area contributed by atoms with Crippen LogP contribution >= 0.6 is 0 Å². The first-order valence-corrected chi connectivity index (χ1v) is 7.88. The predicted octanol–water partition coefficient (Wildman–Crippen LogP) is 0.756. The molecule has 0 radical (unpaired) electrons. The van der Waals surface area contributed by atoms with Gasteiger partial charge in [0.2, 0.25) is 5.91 Å². The molecule has 3 aliphatic rings. The lowest BCUT2D eigenvalue weighted by molar-refractivity contribution is -0.131. The predicted molar refractivity (Wildman–Crippen MR) is 76.4 cm³/mol. The number of hydrogen-bond acceptors (Lipinski definition) is 4. The third-order valence-electron chi connectivity index (χ3n) is 4.67. The lowest BCUT2D eigenvalue weighted by atomic mass is 9.83. The normalized spacial score (nSPS) is 24.3. The van der Waals surface area contributed by atoms with Crippen molar-refractivity contribution in [2.24, 2.45) is 0 Å². The van der Waals surface area contributed by atoms with Crippen LogP contribution in [0.2, 0.25) is 0 Å². The summed E-state index contributed by atoms with van der Waals surface area (Å²) in [5.74, 6) is -0.760. The van der Waals surface area contributed by atoms with Gasteiger partial charge in [-0.25, -0.2) is 4.79 Å². The van der Waals surface area contributed by atoms with Crippen molar-refractivity contribution in [3.8, 4) is 6.07 Å². The summed E-state index contributed by atoms with van der Waals surface area (Å²) in [6, 6.07) is 1.98. The van der Waals surface area contributed by atoms with E-state index in [4.69, 9.17) is 0 Å². The maximum atomic E-state index is 12.2. The van der Waals surface area contributed by atoms with Gasteiger partial charge in [0.15, 0.2) is 0 Å². The van der Waals surface area contributed by atoms with E-state index in [1.807, 2.05) is 0 Å². The summed E-state index contributed by atoms with van der Waals surface area (Å²) in [6.45, 7) is -0.218. The molecule has 1 heterocycles. The molecule has 4 amide bonds. The number of nitrogens with zero attached hydrogens (tertiary/aromatic N) is 3. The molecule has 22 heavy (non-hydrogen) atoms. The van der Waals surface area contributed by atoms with E-state index in [2.05, 4.69) is 11.4 Å². The van der Waals surface area contributed by atoms with Crippen LogP contribution in [-0.4, -0.2) is 52.3 Å². The summed E-state index contributed by atoms with van der Waals surface area (Å²) in [7, 11) is 0. The minimum atomic E-state index is -0.836. The highest BCUT2D eigenvalue weighted by Gasteiger charge is 2.44. The van der Waals surface area contributed by atoms with Gasteiger partial charge in [0.25, 0.3) is 5.91 Å². The van der Waals surface area contributed by atoms with E-state index < -0.39 is 11.4 Å². The van der Waals surface area contributed by atoms with Gasteiger partial charge in [-0.3, -0.25) is 14.5 Å². The molecule has 1 saturated heterocycles. The van der Waals surface area contributed by atoms with E-state index in [0.717, 1.165) is 37.0 Å². The zero-order chi connectivity index (χ0) is 15.7. The minimum Gasteiger partial charge on any atom is -0.336 e. The van der Waals surface area contributed by atoms with Crippen molar-refractivity contribution in [2.45, 2.75) is 56.5 Å². The summed E-state index contributed by atoms with van der Waals surface area (Å²) >= 11 is 0. The molecule has 2 saturated carbocycles. The first kappa shape index (κ1) is 14.8. The second-order valence-corrected chi connectivity index (χ2v) is 6.42. The number of carbonyl (C=O) groups excluding carboxylic acids is 3. The fourth-order valence-electron chi connectivity index (χ4n) is 3.26. The van der Waals surface area contributed by atoms with Crippen LogP contribution in [0.5, 0.6) is 0 Å². The van der Waals surface area contributed by atoms with Gasteiger partial charge in [0.05, 0.1) is 6.07 Å². The first-order valence-electron chi connectivity index (χ1n) is 7.88. The van der Waals surface area contributed by atoms with E-state index in [-0.39, 0.29) is 31.1 Å². The Balaban J connectivity index is 1.60. The maximum absolute atomic E-state index is 12.2. The molecular formula is C15H20N4O3. The fourth-order valence-corrected chi connectivity index (χ4v) is 3.26. The second-order valence-electron chi connectivity index (χ2n) is 6.42. The third-order valence-corrected chi connectivity index (χ3v) is 4.67. The van der Waals surface area contributed by atoms with Gasteiger partial charge < -0.3 is 10.2 Å². The highest BCUT2D eigenvalue weighted by molar-refractivity contribution is 6.04. The molecule has 3 fully saturated rings. The molecule has 3 rings (SSSR count). The van der Waals surface area contributed by atoms with E-state index in [9.17, 15) is 19.6 Å². The Kier molecular flexibility index (Phi) is 3.77. The molecule has 7 nitrogen and oxygen atoms in total. The molecule has 0 atom stereocenters. The molecular weight excluding hydrogens is 284 g/mol. The molecule has 0 bridgehead atoms. The summed E-state index contributed by atoms with van der Waals surface area (Å²) < 4.78 is 0. The molecule has 0 aromatic heterocycles. The monoisotopic (exact) mass is 304 g/mol. The molecule has 0 aromatic rings. The average molecular weight is 304 g/mol. The second kappa shape index (κ2) is 5.59. The van der Waals surface area contributed by atoms with Gasteiger partial charge in [0, 0.05) is 6.04 Å². The number of nitriles is 1. The van der Waals surface area contributed by atoms with Gasteiger partial charge in [0.1, 0.15) is 18.6 Å². The van der Waals surface area contributed by atoms with Crippen molar-refractivity contribution in [1.82, 2.24) is 15.1 Å². The maximum Gasteiger partial charge on any atom is 0.327 e. The zero-order valence-electron chi connectivity index (χ0n) is 12.5. The largest absolute Gasteiger partial charge is 0.336 e. The summed E-state index contributed by atoms with van der Waals surface area (Å²) in [5, 5.41) is 12.1. The lowest BCUT2D eigenvalue weighted by Crippen LogP contribution is -2.52. The van der Waals surface area contributed by atoms with Gasteiger partial charge in [-0.1, -0.05) is 19.3 Å². The van der Waals surface area contributed by atoms with Crippen LogP contribution in [0, 0.1) is 11.3 Å². The molecule has 118 valence electrons. The first-order chi connectivity index (χ1) is 10.5. The van der Waals surface area contributed by atoms with E-state index in [1.54, 1.807) is 0 Å². The zero-order valence-corrected chi connectivity index (χ0v) is 12.5. The van der Waals surface area contributed by atoms with Crippen LogP contribution in [0.1, 0.15) is 44.9 Å². The van der Waals surface area contributed by atoms with Crippen LogP contribution in [0.15, 0.2) is 0 Å². The van der Waals surface area contributed by atoms with Crippen LogP contribution in [0.4, 0.5) is 4.79 Å². The molecule has 1 aliphatic heterocycles. The smallest absolute Gasteiger partial charge is 0.327 e. The summed E-state index contributed by atoms with van der Waals surface area (Å²) in [6.07, 6.45) is 6.00. The summed E-state index contributed by atoms with van der Waals surface area (Å²) in [4.78, 5) is 38.8. The molecule has 1 N–H and O–H groups in total. The Hall–Kier alpha value is -2.10. The topological polar surface area (TPSA) is 93.5 Å². The number of nitrogens with one attached hydrogen (secondary N) is 1. The number of carbonyl (C=O) groups is 3. The van der Waals surface area contributed by atoms with Crippen molar-refractivity contribution in [3.63, 3.8) is 0 Å². The Morgan fingerprint density at radius 3 is 2.55 bits per heavy atom. The number of rotatable bonds is 4. The van der Waals surface area contributed by atoms with Gasteiger partial charge >= 0.3 is 6.03 Å². The number of urea groups is 1. The Labute approximate surface area is 129 Å². The molecule has 0 unspecified atom stereocenters. The van der Waals surface area contributed by atoms with Gasteiger partial charge in [-0.2, -0.15) is 5.26 Å². The Bertz CT molecular complexity index is 543. The van der Waals surface area contributed by atoms with Crippen molar-refractivity contribution in [1.29, 1.82) is 5.26 Å². The van der Waals surface area contributed by atoms with Gasteiger partial charge in [-0.15, -0.1) is 0 Å². The highest BCUT2D eigenvalue weighted by Crippen LogP contribution is 2.30. The molecule has 0 spiro atoms. The third kappa shape index (κ3) is 2.78. The lowest BCUT2D eigenvalue weighted by Gasteiger charge is -2.32. The van der Waals surface area contributed by atoms with Crippen LogP contribution in [0.3, 0.4) is 0 Å². The van der Waals surface area contributed by atoms with Crippen LogP contribution in [-0.2, 0) is 9.59 Å². The minimum absolute atomic E-state index is 0.0696. The van der Waals surface area contributed by atoms with E-state index in [0.29, 0.717) is 12.8 Å². The molecule has 0 aromatic carbocycles. The van der Waals surface area contributed by atoms with Crippen molar-refractivity contribution < 1.29 is 14.4 Å². The van der Waals surface area contributed by atoms with Crippen LogP contribution in [0.25, 0.3) is 0 Å². The fraction of sp³-hybridized carbons (Fsp3) is 0.733. The van der Waals surface area contributed by atoms with E-state index in [1.165, 1.54) is 4.90 Å². The Morgan fingerprint density at radius 1 is 1.27 bits per heavy atom. The van der Waals surface area contributed by atoms with Crippen molar-refractivity contribution in [3.05, 3.63) is 0 Å². The Morgan fingerprint density at radius 2 is 1.95 bits per heavy atom. The van der Waals surface area contributed by atoms with Crippen molar-refractivity contribution in [2.75, 3.05) is 13.1 Å². The SMILES string of the molecule is N#CC1(NC(=O)CN2C(=O)CN(C3CC3)C2=O)CCCCC1. The number of imide groups is 1. The molecule has 2 aliphatic carbocycles.